The number of amides is 4. The molecule has 6 N–H and O–H groups in total. The van der Waals surface area contributed by atoms with Crippen LogP contribution in [0.2, 0.25) is 0 Å². The van der Waals surface area contributed by atoms with E-state index in [0.29, 0.717) is 32.1 Å². The fraction of sp³-hybridized carbons (Fsp3) is 0.737. The molecule has 30 heavy (non-hydrogen) atoms. The lowest BCUT2D eigenvalue weighted by molar-refractivity contribution is -0.139. The van der Waals surface area contributed by atoms with Gasteiger partial charge in [0.15, 0.2) is 0 Å². The molecule has 0 saturated carbocycles. The molecule has 1 fully saturated rings. The lowest BCUT2D eigenvalue weighted by Crippen LogP contribution is -2.56. The Labute approximate surface area is 176 Å². The van der Waals surface area contributed by atoms with E-state index in [2.05, 4.69) is 16.0 Å². The Morgan fingerprint density at radius 3 is 2.43 bits per heavy atom. The second-order valence-electron chi connectivity index (χ2n) is 7.51. The topological polar surface area (TPSA) is 171 Å². The van der Waals surface area contributed by atoms with Crippen molar-refractivity contribution in [3.8, 4) is 0 Å². The monoisotopic (exact) mass is 427 g/mol. The van der Waals surface area contributed by atoms with E-state index < -0.39 is 48.5 Å². The van der Waals surface area contributed by atoms with Gasteiger partial charge in [0.2, 0.25) is 23.6 Å². The summed E-state index contributed by atoms with van der Waals surface area (Å²) >= 11 is 0. The van der Waals surface area contributed by atoms with Crippen molar-refractivity contribution in [3.63, 3.8) is 0 Å². The predicted octanol–water partition coefficient (Wildman–Crippen LogP) is -2.35. The van der Waals surface area contributed by atoms with Gasteiger partial charge in [0.1, 0.15) is 24.4 Å². The van der Waals surface area contributed by atoms with Gasteiger partial charge in [-0.3, -0.25) is 19.2 Å². The molecule has 1 aliphatic rings. The number of rotatable bonds is 11. The molecule has 4 amide bonds. The Morgan fingerprint density at radius 1 is 1.23 bits per heavy atom. The minimum atomic E-state index is -1.08. The maximum Gasteiger partial charge on any atom is 0.243 e. The lowest BCUT2D eigenvalue weighted by atomic mass is 9.97. The Morgan fingerprint density at radius 2 is 1.90 bits per heavy atom. The summed E-state index contributed by atoms with van der Waals surface area (Å²) in [6, 6.07) is -2.65. The van der Waals surface area contributed by atoms with Gasteiger partial charge < -0.3 is 36.5 Å². The predicted molar refractivity (Wildman–Crippen MR) is 108 cm³/mol. The van der Waals surface area contributed by atoms with Gasteiger partial charge in [-0.1, -0.05) is 20.3 Å². The zero-order valence-corrected chi connectivity index (χ0v) is 17.7. The Hall–Kier alpha value is -2.53. The molecule has 0 radical (unpaired) electrons. The van der Waals surface area contributed by atoms with Crippen LogP contribution in [0.15, 0.2) is 0 Å². The van der Waals surface area contributed by atoms with Crippen LogP contribution in [0.5, 0.6) is 0 Å². The summed E-state index contributed by atoms with van der Waals surface area (Å²) in [6.45, 7) is 4.84. The van der Waals surface area contributed by atoms with Crippen LogP contribution in [0, 0.1) is 5.92 Å². The molecule has 170 valence electrons. The van der Waals surface area contributed by atoms with E-state index in [4.69, 9.17) is 5.73 Å². The Kier molecular flexibility index (Phi) is 10.4. The van der Waals surface area contributed by atoms with Crippen molar-refractivity contribution in [1.29, 1.82) is 0 Å². The van der Waals surface area contributed by atoms with E-state index in [1.807, 2.05) is 6.92 Å². The van der Waals surface area contributed by atoms with Crippen molar-refractivity contribution in [3.05, 3.63) is 0 Å². The van der Waals surface area contributed by atoms with Gasteiger partial charge >= 0.3 is 0 Å². The quantitative estimate of drug-likeness (QED) is 0.230. The Balaban J connectivity index is 2.73. The number of nitrogens with zero attached hydrogens (tertiary/aromatic N) is 1. The molecular weight excluding hydrogens is 394 g/mol. The van der Waals surface area contributed by atoms with Crippen molar-refractivity contribution in [2.75, 3.05) is 19.6 Å². The second-order valence-corrected chi connectivity index (χ2v) is 7.51. The molecule has 1 saturated heterocycles. The number of aldehydes is 1. The number of nitrogens with one attached hydrogen (secondary N) is 3. The number of hydrogen-bond acceptors (Lipinski definition) is 7. The highest BCUT2D eigenvalue weighted by atomic mass is 16.3. The van der Waals surface area contributed by atoms with Crippen molar-refractivity contribution < 1.29 is 29.1 Å². The van der Waals surface area contributed by atoms with Crippen LogP contribution in [0.4, 0.5) is 0 Å². The standard InChI is InChI=1S/C19H33N5O6/c1-4-11(2)17(19(30)21-9-15(27)22-13(10-25)12(3)26)23-18(29)14-6-5-7-24(14)16(28)8-20/h10-14,17,26H,4-9,20H2,1-3H3,(H,21,30)(H,22,27)(H,23,29). The van der Waals surface area contributed by atoms with E-state index in [1.165, 1.54) is 11.8 Å². The number of aliphatic hydroxyl groups is 1. The van der Waals surface area contributed by atoms with Crippen LogP contribution in [-0.2, 0) is 24.0 Å². The third-order valence-corrected chi connectivity index (χ3v) is 5.26. The van der Waals surface area contributed by atoms with E-state index in [9.17, 15) is 29.1 Å². The molecular formula is C19H33N5O6. The number of hydrogen-bond donors (Lipinski definition) is 5. The van der Waals surface area contributed by atoms with Crippen LogP contribution in [0.1, 0.15) is 40.0 Å². The third kappa shape index (κ3) is 7.06. The molecule has 11 nitrogen and oxygen atoms in total. The van der Waals surface area contributed by atoms with Gasteiger partial charge in [-0.05, 0) is 25.7 Å². The maximum absolute atomic E-state index is 12.7. The summed E-state index contributed by atoms with van der Waals surface area (Å²) in [4.78, 5) is 61.5. The van der Waals surface area contributed by atoms with E-state index >= 15 is 0 Å². The molecule has 1 rings (SSSR count). The summed E-state index contributed by atoms with van der Waals surface area (Å²) in [5, 5.41) is 16.8. The largest absolute Gasteiger partial charge is 0.391 e. The van der Waals surface area contributed by atoms with E-state index in [-0.39, 0.29) is 18.4 Å². The average molecular weight is 428 g/mol. The minimum absolute atomic E-state index is 0.192. The molecule has 0 spiro atoms. The molecule has 0 bridgehead atoms. The van der Waals surface area contributed by atoms with Crippen LogP contribution < -0.4 is 21.7 Å². The number of nitrogens with two attached hydrogens (primary N) is 1. The molecule has 0 aliphatic carbocycles. The van der Waals surface area contributed by atoms with Gasteiger partial charge in [-0.25, -0.2) is 0 Å². The highest BCUT2D eigenvalue weighted by Gasteiger charge is 2.36. The van der Waals surface area contributed by atoms with Crippen molar-refractivity contribution in [1.82, 2.24) is 20.9 Å². The molecule has 0 aromatic rings. The number of likely N-dealkylation sites (tertiary alicyclic amines) is 1. The van der Waals surface area contributed by atoms with Crippen LogP contribution in [0.3, 0.4) is 0 Å². The average Bonchev–Trinajstić information content (AvgIpc) is 3.22. The highest BCUT2D eigenvalue weighted by molar-refractivity contribution is 5.94. The first-order valence-electron chi connectivity index (χ1n) is 10.2. The second kappa shape index (κ2) is 12.2. The van der Waals surface area contributed by atoms with Gasteiger partial charge in [0, 0.05) is 6.54 Å². The zero-order valence-electron chi connectivity index (χ0n) is 17.7. The smallest absolute Gasteiger partial charge is 0.243 e. The Bertz CT molecular complexity index is 641. The summed E-state index contributed by atoms with van der Waals surface area (Å²) < 4.78 is 0. The van der Waals surface area contributed by atoms with Crippen molar-refractivity contribution >= 4 is 29.9 Å². The summed E-state index contributed by atoms with van der Waals surface area (Å²) in [5.41, 5.74) is 5.40. The molecule has 5 atom stereocenters. The minimum Gasteiger partial charge on any atom is -0.391 e. The first-order chi connectivity index (χ1) is 14.2. The summed E-state index contributed by atoms with van der Waals surface area (Å²) in [6.07, 6.45) is 1.09. The molecule has 5 unspecified atom stereocenters. The molecule has 0 aromatic carbocycles. The van der Waals surface area contributed by atoms with Crippen molar-refractivity contribution in [2.24, 2.45) is 11.7 Å². The zero-order chi connectivity index (χ0) is 22.8. The van der Waals surface area contributed by atoms with E-state index in [1.54, 1.807) is 6.92 Å². The van der Waals surface area contributed by atoms with Crippen LogP contribution in [-0.4, -0.2) is 83.8 Å². The van der Waals surface area contributed by atoms with Gasteiger partial charge in [0.25, 0.3) is 0 Å². The van der Waals surface area contributed by atoms with E-state index in [0.717, 1.165) is 0 Å². The van der Waals surface area contributed by atoms with Gasteiger partial charge in [-0.15, -0.1) is 0 Å². The number of aliphatic hydroxyl groups excluding tert-OH is 1. The molecule has 11 heteroatoms. The van der Waals surface area contributed by atoms with Gasteiger partial charge in [0.05, 0.1) is 19.2 Å². The first-order valence-corrected chi connectivity index (χ1v) is 10.2. The molecule has 0 aromatic heterocycles. The normalized spacial score (nSPS) is 19.9. The van der Waals surface area contributed by atoms with Crippen LogP contribution >= 0.6 is 0 Å². The molecule has 1 aliphatic heterocycles. The fourth-order valence-corrected chi connectivity index (χ4v) is 3.19. The van der Waals surface area contributed by atoms with Crippen LogP contribution in [0.25, 0.3) is 0 Å². The van der Waals surface area contributed by atoms with Gasteiger partial charge in [-0.2, -0.15) is 0 Å². The summed E-state index contributed by atoms with van der Waals surface area (Å²) in [5.74, 6) is -2.18. The summed E-state index contributed by atoms with van der Waals surface area (Å²) in [7, 11) is 0. The maximum atomic E-state index is 12.7. The number of carbonyl (C=O) groups is 5. The molecule has 1 heterocycles. The SMILES string of the molecule is CCC(C)C(NC(=O)C1CCCN1C(=O)CN)C(=O)NCC(=O)NC(C=O)C(C)O. The fourth-order valence-electron chi connectivity index (χ4n) is 3.19. The lowest BCUT2D eigenvalue weighted by Gasteiger charge is -2.28. The third-order valence-electron chi connectivity index (χ3n) is 5.26. The number of carbonyl (C=O) groups excluding carboxylic acids is 5. The van der Waals surface area contributed by atoms with Crippen molar-refractivity contribution in [2.45, 2.75) is 64.3 Å². The highest BCUT2D eigenvalue weighted by Crippen LogP contribution is 2.18. The first kappa shape index (κ1) is 25.5.